The summed E-state index contributed by atoms with van der Waals surface area (Å²) in [6, 6.07) is 15.9. The molecule has 0 aliphatic rings. The van der Waals surface area contributed by atoms with E-state index in [0.717, 1.165) is 28.8 Å². The van der Waals surface area contributed by atoms with E-state index in [1.807, 2.05) is 67.5 Å². The molecule has 3 N–H and O–H groups in total. The molecule has 1 aromatic carbocycles. The van der Waals surface area contributed by atoms with Gasteiger partial charge in [-0.1, -0.05) is 12.1 Å². The lowest BCUT2D eigenvalue weighted by Gasteiger charge is -2.33. The maximum absolute atomic E-state index is 12.8. The Kier molecular flexibility index (Phi) is 7.14. The van der Waals surface area contributed by atoms with Gasteiger partial charge in [0, 0.05) is 51.1 Å². The molecule has 156 valence electrons. The Morgan fingerprint density at radius 3 is 1.93 bits per heavy atom. The zero-order valence-electron chi connectivity index (χ0n) is 17.6. The number of amides is 1. The first-order valence-electron chi connectivity index (χ1n) is 10.1. The van der Waals surface area contributed by atoms with Crippen molar-refractivity contribution in [1.29, 1.82) is 0 Å². The molecule has 1 amide bonds. The molecule has 3 rings (SSSR count). The standard InChI is InChI=1S/C24H29N5O/c1-29(2)22-5-3-21(4-6-22)24(23(25)30,13-7-19-8-14-26-15-9-19)28-18-12-20-10-16-27-17-11-20/h3-6,8-11,14-17,28H,7,12-13,18H2,1-2H3,(H2,25,30). The largest absolute Gasteiger partial charge is 0.378 e. The van der Waals surface area contributed by atoms with E-state index in [9.17, 15) is 4.79 Å². The van der Waals surface area contributed by atoms with Gasteiger partial charge in [0.1, 0.15) is 5.54 Å². The monoisotopic (exact) mass is 403 g/mol. The molecule has 3 aromatic rings. The molecule has 6 nitrogen and oxygen atoms in total. The lowest BCUT2D eigenvalue weighted by Crippen LogP contribution is -2.53. The van der Waals surface area contributed by atoms with Gasteiger partial charge in [-0.2, -0.15) is 0 Å². The first-order valence-corrected chi connectivity index (χ1v) is 10.1. The molecule has 2 heterocycles. The second-order valence-electron chi connectivity index (χ2n) is 7.60. The number of nitrogens with zero attached hydrogens (tertiary/aromatic N) is 3. The van der Waals surface area contributed by atoms with Crippen molar-refractivity contribution >= 4 is 11.6 Å². The SMILES string of the molecule is CN(C)c1ccc(C(CCc2ccncc2)(NCCc2ccncc2)C(N)=O)cc1. The molecule has 0 saturated carbocycles. The highest BCUT2D eigenvalue weighted by atomic mass is 16.1. The first-order chi connectivity index (χ1) is 14.5. The maximum Gasteiger partial charge on any atom is 0.242 e. The van der Waals surface area contributed by atoms with Gasteiger partial charge in [0.2, 0.25) is 5.91 Å². The number of nitrogens with two attached hydrogens (primary N) is 1. The van der Waals surface area contributed by atoms with E-state index in [1.54, 1.807) is 24.8 Å². The van der Waals surface area contributed by atoms with Crippen LogP contribution in [0.1, 0.15) is 23.1 Å². The summed E-state index contributed by atoms with van der Waals surface area (Å²) in [6.07, 6.45) is 9.14. The van der Waals surface area contributed by atoms with Crippen molar-refractivity contribution in [3.8, 4) is 0 Å². The van der Waals surface area contributed by atoms with E-state index in [2.05, 4.69) is 15.3 Å². The summed E-state index contributed by atoms with van der Waals surface area (Å²) in [5, 5.41) is 3.49. The number of aryl methyl sites for hydroxylation is 1. The minimum Gasteiger partial charge on any atom is -0.378 e. The van der Waals surface area contributed by atoms with Crippen molar-refractivity contribution in [3.05, 3.63) is 90.0 Å². The fraction of sp³-hybridized carbons (Fsp3) is 0.292. The maximum atomic E-state index is 12.8. The van der Waals surface area contributed by atoms with Gasteiger partial charge in [-0.25, -0.2) is 0 Å². The van der Waals surface area contributed by atoms with Gasteiger partial charge in [0.05, 0.1) is 0 Å². The molecular weight excluding hydrogens is 374 g/mol. The lowest BCUT2D eigenvalue weighted by molar-refractivity contribution is -0.125. The summed E-state index contributed by atoms with van der Waals surface area (Å²) in [5.41, 5.74) is 9.29. The average molecular weight is 404 g/mol. The molecule has 0 fully saturated rings. The van der Waals surface area contributed by atoms with E-state index >= 15 is 0 Å². The van der Waals surface area contributed by atoms with Crippen molar-refractivity contribution in [1.82, 2.24) is 15.3 Å². The molecule has 0 aliphatic heterocycles. The van der Waals surface area contributed by atoms with Crippen molar-refractivity contribution in [3.63, 3.8) is 0 Å². The van der Waals surface area contributed by atoms with Crippen LogP contribution in [0.5, 0.6) is 0 Å². The van der Waals surface area contributed by atoms with E-state index in [-0.39, 0.29) is 5.91 Å². The predicted molar refractivity (Wildman–Crippen MR) is 120 cm³/mol. The molecule has 0 bridgehead atoms. The number of pyridine rings is 2. The number of anilines is 1. The van der Waals surface area contributed by atoms with Crippen molar-refractivity contribution < 1.29 is 4.79 Å². The van der Waals surface area contributed by atoms with Crippen LogP contribution in [0.2, 0.25) is 0 Å². The molecular formula is C24H29N5O. The Balaban J connectivity index is 1.86. The normalized spacial score (nSPS) is 12.9. The highest BCUT2D eigenvalue weighted by Gasteiger charge is 2.37. The van der Waals surface area contributed by atoms with Gasteiger partial charge in [0.15, 0.2) is 0 Å². The lowest BCUT2D eigenvalue weighted by atomic mass is 9.83. The van der Waals surface area contributed by atoms with Crippen molar-refractivity contribution in [2.24, 2.45) is 5.73 Å². The van der Waals surface area contributed by atoms with Gasteiger partial charge in [-0.15, -0.1) is 0 Å². The smallest absolute Gasteiger partial charge is 0.242 e. The summed E-state index contributed by atoms with van der Waals surface area (Å²) in [5.74, 6) is -0.371. The number of primary amides is 1. The van der Waals surface area contributed by atoms with Gasteiger partial charge in [-0.05, 0) is 72.4 Å². The zero-order valence-corrected chi connectivity index (χ0v) is 17.6. The minimum absolute atomic E-state index is 0.371. The van der Waals surface area contributed by atoms with Crippen LogP contribution >= 0.6 is 0 Å². The van der Waals surface area contributed by atoms with E-state index < -0.39 is 5.54 Å². The van der Waals surface area contributed by atoms with Crippen LogP contribution in [0.4, 0.5) is 5.69 Å². The second kappa shape index (κ2) is 9.98. The molecule has 0 saturated heterocycles. The van der Waals surface area contributed by atoms with Gasteiger partial charge in [-0.3, -0.25) is 20.1 Å². The van der Waals surface area contributed by atoms with Crippen molar-refractivity contribution in [2.45, 2.75) is 24.8 Å². The fourth-order valence-corrected chi connectivity index (χ4v) is 3.58. The molecule has 6 heteroatoms. The number of benzene rings is 1. The van der Waals surface area contributed by atoms with Crippen LogP contribution in [-0.4, -0.2) is 36.5 Å². The molecule has 0 spiro atoms. The zero-order chi connectivity index (χ0) is 21.4. The number of aromatic nitrogens is 2. The number of carbonyl (C=O) groups excluding carboxylic acids is 1. The molecule has 2 aromatic heterocycles. The molecule has 0 aliphatic carbocycles. The summed E-state index contributed by atoms with van der Waals surface area (Å²) < 4.78 is 0. The molecule has 0 radical (unpaired) electrons. The molecule has 1 atom stereocenters. The summed E-state index contributed by atoms with van der Waals surface area (Å²) >= 11 is 0. The van der Waals surface area contributed by atoms with Crippen LogP contribution in [0, 0.1) is 0 Å². The Morgan fingerprint density at radius 2 is 1.43 bits per heavy atom. The highest BCUT2D eigenvalue weighted by Crippen LogP contribution is 2.29. The third-order valence-electron chi connectivity index (χ3n) is 5.42. The third kappa shape index (κ3) is 5.21. The number of nitrogens with one attached hydrogen (secondary N) is 1. The van der Waals surface area contributed by atoms with Gasteiger partial charge in [0.25, 0.3) is 0 Å². The van der Waals surface area contributed by atoms with Crippen LogP contribution in [0.15, 0.2) is 73.3 Å². The molecule has 1 unspecified atom stereocenters. The Labute approximate surface area is 178 Å². The number of rotatable bonds is 10. The second-order valence-corrected chi connectivity index (χ2v) is 7.60. The van der Waals surface area contributed by atoms with Crippen LogP contribution < -0.4 is 16.0 Å². The summed E-state index contributed by atoms with van der Waals surface area (Å²) in [7, 11) is 3.99. The van der Waals surface area contributed by atoms with Crippen molar-refractivity contribution in [2.75, 3.05) is 25.5 Å². The van der Waals surface area contributed by atoms with E-state index in [0.29, 0.717) is 19.4 Å². The van der Waals surface area contributed by atoms with Crippen LogP contribution in [0.25, 0.3) is 0 Å². The molecule has 30 heavy (non-hydrogen) atoms. The first kappa shape index (κ1) is 21.5. The minimum atomic E-state index is -0.957. The predicted octanol–water partition coefficient (Wildman–Crippen LogP) is 2.69. The van der Waals surface area contributed by atoms with Gasteiger partial charge < -0.3 is 10.6 Å². The third-order valence-corrected chi connectivity index (χ3v) is 5.42. The quantitative estimate of drug-likeness (QED) is 0.544. The number of hydrogen-bond acceptors (Lipinski definition) is 5. The summed E-state index contributed by atoms with van der Waals surface area (Å²) in [4.78, 5) is 23.0. The number of carbonyl (C=O) groups is 1. The van der Waals surface area contributed by atoms with Crippen LogP contribution in [0.3, 0.4) is 0 Å². The topological polar surface area (TPSA) is 84.1 Å². The Bertz CT molecular complexity index is 929. The fourth-order valence-electron chi connectivity index (χ4n) is 3.58. The summed E-state index contributed by atoms with van der Waals surface area (Å²) in [6.45, 7) is 0.624. The number of hydrogen-bond donors (Lipinski definition) is 2. The Hall–Kier alpha value is -3.25. The van der Waals surface area contributed by atoms with E-state index in [4.69, 9.17) is 5.73 Å². The highest BCUT2D eigenvalue weighted by molar-refractivity contribution is 5.86. The van der Waals surface area contributed by atoms with E-state index in [1.165, 1.54) is 0 Å². The van der Waals surface area contributed by atoms with Crippen LogP contribution in [-0.2, 0) is 23.2 Å². The average Bonchev–Trinajstić information content (AvgIpc) is 2.77. The van der Waals surface area contributed by atoms with Gasteiger partial charge >= 0.3 is 0 Å². The Morgan fingerprint density at radius 1 is 0.900 bits per heavy atom.